The van der Waals surface area contributed by atoms with Crippen molar-refractivity contribution >= 4 is 11.8 Å². The highest BCUT2D eigenvalue weighted by molar-refractivity contribution is 5.44. The molecule has 2 rings (SSSR count). The zero-order chi connectivity index (χ0) is 11.4. The van der Waals surface area contributed by atoms with Crippen LogP contribution in [0.5, 0.6) is 0 Å². The second kappa shape index (κ2) is 5.14. The second-order valence-electron chi connectivity index (χ2n) is 4.34. The molecule has 1 aromatic heterocycles. The van der Waals surface area contributed by atoms with E-state index in [0.717, 1.165) is 30.5 Å². The fraction of sp³-hybridized carbons (Fsp3) is 0.667. The lowest BCUT2D eigenvalue weighted by Gasteiger charge is -2.21. The smallest absolute Gasteiger partial charge is 0.224 e. The van der Waals surface area contributed by atoms with Crippen molar-refractivity contribution in [2.24, 2.45) is 0 Å². The number of hydrogen-bond donors (Lipinski definition) is 1. The summed E-state index contributed by atoms with van der Waals surface area (Å²) in [6, 6.07) is 2.08. The van der Waals surface area contributed by atoms with Gasteiger partial charge in [0.25, 0.3) is 0 Å². The number of hydrogen-bond acceptors (Lipinski definition) is 4. The van der Waals surface area contributed by atoms with E-state index in [4.69, 9.17) is 0 Å². The average Bonchev–Trinajstić information content (AvgIpc) is 2.56. The third-order valence-corrected chi connectivity index (χ3v) is 2.99. The van der Waals surface area contributed by atoms with Crippen LogP contribution >= 0.6 is 0 Å². The summed E-state index contributed by atoms with van der Waals surface area (Å²) in [5.74, 6) is 1.79. The number of aryl methyl sites for hydroxylation is 1. The maximum absolute atomic E-state index is 4.52. The van der Waals surface area contributed by atoms with Crippen LogP contribution in [0.2, 0.25) is 0 Å². The molecule has 1 aromatic rings. The molecular formula is C12H20N4. The van der Waals surface area contributed by atoms with Gasteiger partial charge in [-0.3, -0.25) is 0 Å². The standard InChI is InChI=1S/C12H20N4/c1-10-9-11(15-12(13-2)14-10)16-7-5-3-4-6-8-16/h9H,3-8H2,1-2H3,(H,13,14,15). The van der Waals surface area contributed by atoms with E-state index in [0.29, 0.717) is 0 Å². The molecule has 4 heteroatoms. The molecule has 4 nitrogen and oxygen atoms in total. The van der Waals surface area contributed by atoms with Crippen LogP contribution in [0, 0.1) is 6.92 Å². The lowest BCUT2D eigenvalue weighted by molar-refractivity contribution is 0.726. The molecule has 0 unspecified atom stereocenters. The van der Waals surface area contributed by atoms with Crippen molar-refractivity contribution < 1.29 is 0 Å². The van der Waals surface area contributed by atoms with Gasteiger partial charge in [-0.25, -0.2) is 4.98 Å². The van der Waals surface area contributed by atoms with Crippen molar-refractivity contribution in [1.82, 2.24) is 9.97 Å². The Balaban J connectivity index is 2.20. The minimum Gasteiger partial charge on any atom is -0.357 e. The first-order valence-electron chi connectivity index (χ1n) is 6.08. The summed E-state index contributed by atoms with van der Waals surface area (Å²) in [4.78, 5) is 11.2. The van der Waals surface area contributed by atoms with Gasteiger partial charge >= 0.3 is 0 Å². The summed E-state index contributed by atoms with van der Waals surface area (Å²) in [7, 11) is 1.86. The summed E-state index contributed by atoms with van der Waals surface area (Å²) in [5.41, 5.74) is 1.03. The van der Waals surface area contributed by atoms with Gasteiger partial charge < -0.3 is 10.2 Å². The van der Waals surface area contributed by atoms with Gasteiger partial charge in [0.2, 0.25) is 5.95 Å². The number of rotatable bonds is 2. The third-order valence-electron chi connectivity index (χ3n) is 2.99. The molecule has 1 saturated heterocycles. The monoisotopic (exact) mass is 220 g/mol. The maximum atomic E-state index is 4.52. The minimum atomic E-state index is 0.722. The highest BCUT2D eigenvalue weighted by Gasteiger charge is 2.12. The summed E-state index contributed by atoms with van der Waals surface area (Å²) in [5, 5.41) is 3.01. The molecule has 0 spiro atoms. The van der Waals surface area contributed by atoms with Gasteiger partial charge in [-0.2, -0.15) is 4.98 Å². The van der Waals surface area contributed by atoms with Crippen LogP contribution in [0.4, 0.5) is 11.8 Å². The Hall–Kier alpha value is -1.32. The Labute approximate surface area is 97.1 Å². The molecule has 2 heterocycles. The molecular weight excluding hydrogens is 200 g/mol. The van der Waals surface area contributed by atoms with Crippen LogP contribution in [0.25, 0.3) is 0 Å². The fourth-order valence-corrected chi connectivity index (χ4v) is 2.13. The lowest BCUT2D eigenvalue weighted by atomic mass is 10.2. The number of nitrogens with zero attached hydrogens (tertiary/aromatic N) is 3. The minimum absolute atomic E-state index is 0.722. The Morgan fingerprint density at radius 2 is 1.81 bits per heavy atom. The first-order valence-corrected chi connectivity index (χ1v) is 6.08. The molecule has 0 saturated carbocycles. The maximum Gasteiger partial charge on any atom is 0.224 e. The first-order chi connectivity index (χ1) is 7.79. The van der Waals surface area contributed by atoms with E-state index in [1.807, 2.05) is 14.0 Å². The van der Waals surface area contributed by atoms with Crippen LogP contribution < -0.4 is 10.2 Å². The van der Waals surface area contributed by atoms with Gasteiger partial charge in [-0.15, -0.1) is 0 Å². The molecule has 1 N–H and O–H groups in total. The predicted molar refractivity (Wildman–Crippen MR) is 67.0 cm³/mol. The Morgan fingerprint density at radius 3 is 2.44 bits per heavy atom. The lowest BCUT2D eigenvalue weighted by Crippen LogP contribution is -2.25. The molecule has 1 aliphatic heterocycles. The Morgan fingerprint density at radius 1 is 1.12 bits per heavy atom. The number of anilines is 2. The summed E-state index contributed by atoms with van der Waals surface area (Å²) in [6.07, 6.45) is 5.24. The SMILES string of the molecule is CNc1nc(C)cc(N2CCCCCC2)n1. The highest BCUT2D eigenvalue weighted by Crippen LogP contribution is 2.19. The normalized spacial score (nSPS) is 17.0. The van der Waals surface area contributed by atoms with Gasteiger partial charge in [-0.1, -0.05) is 12.8 Å². The van der Waals surface area contributed by atoms with E-state index >= 15 is 0 Å². The van der Waals surface area contributed by atoms with Crippen LogP contribution in [-0.2, 0) is 0 Å². The van der Waals surface area contributed by atoms with Crippen molar-refractivity contribution in [3.05, 3.63) is 11.8 Å². The largest absolute Gasteiger partial charge is 0.357 e. The Bertz CT molecular complexity index is 343. The van der Waals surface area contributed by atoms with Gasteiger partial charge in [0.15, 0.2) is 0 Å². The molecule has 1 fully saturated rings. The zero-order valence-electron chi connectivity index (χ0n) is 10.2. The fourth-order valence-electron chi connectivity index (χ4n) is 2.13. The topological polar surface area (TPSA) is 41.1 Å². The van der Waals surface area contributed by atoms with Crippen molar-refractivity contribution in [2.75, 3.05) is 30.4 Å². The molecule has 1 aliphatic rings. The van der Waals surface area contributed by atoms with Crippen LogP contribution in [0.15, 0.2) is 6.07 Å². The second-order valence-corrected chi connectivity index (χ2v) is 4.34. The molecule has 0 radical (unpaired) electrons. The summed E-state index contributed by atoms with van der Waals surface area (Å²) < 4.78 is 0. The molecule has 0 atom stereocenters. The molecule has 16 heavy (non-hydrogen) atoms. The predicted octanol–water partition coefficient (Wildman–Crippen LogP) is 2.21. The van der Waals surface area contributed by atoms with Crippen molar-refractivity contribution in [2.45, 2.75) is 32.6 Å². The summed E-state index contributed by atoms with van der Waals surface area (Å²) in [6.45, 7) is 4.27. The van der Waals surface area contributed by atoms with Gasteiger partial charge in [0.1, 0.15) is 5.82 Å². The van der Waals surface area contributed by atoms with Crippen molar-refractivity contribution in [3.63, 3.8) is 0 Å². The quantitative estimate of drug-likeness (QED) is 0.829. The Kier molecular flexibility index (Phi) is 3.59. The van der Waals surface area contributed by atoms with Gasteiger partial charge in [0.05, 0.1) is 0 Å². The van der Waals surface area contributed by atoms with E-state index in [1.165, 1.54) is 25.7 Å². The average molecular weight is 220 g/mol. The highest BCUT2D eigenvalue weighted by atomic mass is 15.2. The van der Waals surface area contributed by atoms with Crippen LogP contribution in [0.1, 0.15) is 31.4 Å². The third kappa shape index (κ3) is 2.62. The van der Waals surface area contributed by atoms with Crippen molar-refractivity contribution in [3.8, 4) is 0 Å². The van der Waals surface area contributed by atoms with Gasteiger partial charge in [-0.05, 0) is 19.8 Å². The molecule has 0 amide bonds. The first kappa shape index (κ1) is 11.2. The van der Waals surface area contributed by atoms with Crippen LogP contribution in [-0.4, -0.2) is 30.1 Å². The number of nitrogens with one attached hydrogen (secondary N) is 1. The molecule has 88 valence electrons. The van der Waals surface area contributed by atoms with E-state index in [2.05, 4.69) is 26.3 Å². The molecule has 0 bridgehead atoms. The van der Waals surface area contributed by atoms with E-state index in [-0.39, 0.29) is 0 Å². The van der Waals surface area contributed by atoms with Gasteiger partial charge in [0, 0.05) is 31.9 Å². The summed E-state index contributed by atoms with van der Waals surface area (Å²) >= 11 is 0. The molecule has 0 aromatic carbocycles. The van der Waals surface area contributed by atoms with E-state index in [1.54, 1.807) is 0 Å². The number of aromatic nitrogens is 2. The van der Waals surface area contributed by atoms with Crippen LogP contribution in [0.3, 0.4) is 0 Å². The zero-order valence-corrected chi connectivity index (χ0v) is 10.2. The van der Waals surface area contributed by atoms with E-state index < -0.39 is 0 Å². The molecule has 0 aliphatic carbocycles. The van der Waals surface area contributed by atoms with E-state index in [9.17, 15) is 0 Å². The van der Waals surface area contributed by atoms with Crippen molar-refractivity contribution in [1.29, 1.82) is 0 Å².